The number of carbonyl (C=O) groups excluding carboxylic acids is 1. The highest BCUT2D eigenvalue weighted by Crippen LogP contribution is 2.24. The van der Waals surface area contributed by atoms with E-state index in [0.29, 0.717) is 10.2 Å². The topological polar surface area (TPSA) is 69.6 Å². The van der Waals surface area contributed by atoms with E-state index in [4.69, 9.17) is 5.11 Å². The van der Waals surface area contributed by atoms with Crippen LogP contribution in [0.3, 0.4) is 0 Å². The van der Waals surface area contributed by atoms with Crippen molar-refractivity contribution >= 4 is 45.4 Å². The molecule has 0 heterocycles. The summed E-state index contributed by atoms with van der Waals surface area (Å²) < 4.78 is 0.641. The van der Waals surface area contributed by atoms with Gasteiger partial charge in [-0.05, 0) is 47.3 Å². The van der Waals surface area contributed by atoms with Crippen molar-refractivity contribution in [2.24, 2.45) is 0 Å². The minimum atomic E-state index is -1.03. The Kier molecular flexibility index (Phi) is 6.35. The minimum Gasteiger partial charge on any atom is -0.478 e. The summed E-state index contributed by atoms with van der Waals surface area (Å²) in [6.45, 7) is 1.96. The molecule has 110 valence electrons. The lowest BCUT2D eigenvalue weighted by atomic mass is 10.2. The molecule has 0 aliphatic heterocycles. The molecular formula is C13H17BrN2O3S. The predicted molar refractivity (Wildman–Crippen MR) is 85.7 cm³/mol. The molecule has 1 aromatic rings. The maximum atomic E-state index is 12.1. The molecule has 0 aromatic heterocycles. The van der Waals surface area contributed by atoms with Gasteiger partial charge in [0, 0.05) is 23.3 Å². The molecule has 2 N–H and O–H groups in total. The third kappa shape index (κ3) is 4.42. The van der Waals surface area contributed by atoms with Crippen LogP contribution in [0.2, 0.25) is 0 Å². The van der Waals surface area contributed by atoms with Gasteiger partial charge < -0.3 is 15.3 Å². The van der Waals surface area contributed by atoms with Crippen molar-refractivity contribution in [3.05, 3.63) is 28.2 Å². The van der Waals surface area contributed by atoms with Gasteiger partial charge in [-0.25, -0.2) is 9.59 Å². The van der Waals surface area contributed by atoms with Crippen molar-refractivity contribution < 1.29 is 14.7 Å². The van der Waals surface area contributed by atoms with Crippen LogP contribution in [0.1, 0.15) is 17.3 Å². The van der Waals surface area contributed by atoms with Crippen LogP contribution < -0.4 is 5.32 Å². The maximum Gasteiger partial charge on any atom is 0.335 e. The van der Waals surface area contributed by atoms with E-state index in [-0.39, 0.29) is 17.6 Å². The smallest absolute Gasteiger partial charge is 0.335 e. The summed E-state index contributed by atoms with van der Waals surface area (Å²) in [7, 11) is 1.71. The van der Waals surface area contributed by atoms with Crippen LogP contribution >= 0.6 is 27.7 Å². The van der Waals surface area contributed by atoms with Gasteiger partial charge >= 0.3 is 12.0 Å². The van der Waals surface area contributed by atoms with Gasteiger partial charge in [-0.1, -0.05) is 0 Å². The summed E-state index contributed by atoms with van der Waals surface area (Å²) in [5, 5.41) is 11.7. The molecule has 5 nitrogen and oxygen atoms in total. The number of carboxylic acids is 1. The Morgan fingerprint density at radius 2 is 2.15 bits per heavy atom. The molecule has 0 saturated heterocycles. The second-order valence-corrected chi connectivity index (χ2v) is 6.11. The molecular weight excluding hydrogens is 344 g/mol. The first-order valence-electron chi connectivity index (χ1n) is 5.92. The Labute approximate surface area is 130 Å². The lowest BCUT2D eigenvalue weighted by Crippen LogP contribution is -2.39. The normalized spacial score (nSPS) is 11.8. The van der Waals surface area contributed by atoms with Crippen LogP contribution in [0.5, 0.6) is 0 Å². The highest BCUT2D eigenvalue weighted by molar-refractivity contribution is 9.10. The van der Waals surface area contributed by atoms with Gasteiger partial charge in [0.1, 0.15) is 0 Å². The number of nitrogens with zero attached hydrogens (tertiary/aromatic N) is 1. The number of hydrogen-bond donors (Lipinski definition) is 2. The van der Waals surface area contributed by atoms with Gasteiger partial charge in [-0.2, -0.15) is 11.8 Å². The van der Waals surface area contributed by atoms with Crippen LogP contribution in [-0.4, -0.2) is 47.1 Å². The standard InChI is InChI=1S/C13H17BrN2O3S/c1-8(7-20-3)16(2)13(19)15-11-6-9(12(17)18)4-5-10(11)14/h4-6,8H,7H2,1-3H3,(H,15,19)(H,17,18). The first kappa shape index (κ1) is 16.8. The van der Waals surface area contributed by atoms with E-state index in [1.807, 2.05) is 13.2 Å². The third-order valence-electron chi connectivity index (χ3n) is 2.84. The summed E-state index contributed by atoms with van der Waals surface area (Å²) in [6, 6.07) is 4.32. The molecule has 2 amide bonds. The molecule has 0 radical (unpaired) electrons. The zero-order valence-electron chi connectivity index (χ0n) is 11.5. The summed E-state index contributed by atoms with van der Waals surface area (Å²) in [5.74, 6) is -0.197. The fraction of sp³-hybridized carbons (Fsp3) is 0.385. The van der Waals surface area contributed by atoms with Gasteiger partial charge in [0.25, 0.3) is 0 Å². The summed E-state index contributed by atoms with van der Waals surface area (Å²) in [6.07, 6.45) is 1.98. The predicted octanol–water partition coefficient (Wildman–Crippen LogP) is 3.36. The Hall–Kier alpha value is -1.21. The fourth-order valence-electron chi connectivity index (χ4n) is 1.51. The number of aromatic carboxylic acids is 1. The Bertz CT molecular complexity index is 510. The van der Waals surface area contributed by atoms with E-state index in [1.54, 1.807) is 29.8 Å². The number of urea groups is 1. The van der Waals surface area contributed by atoms with Gasteiger partial charge in [-0.15, -0.1) is 0 Å². The SMILES string of the molecule is CSCC(C)N(C)C(=O)Nc1cc(C(=O)O)ccc1Br. The number of nitrogens with one attached hydrogen (secondary N) is 1. The Morgan fingerprint density at radius 1 is 1.50 bits per heavy atom. The van der Waals surface area contributed by atoms with Crippen LogP contribution in [0.15, 0.2) is 22.7 Å². The number of halogens is 1. The first-order chi connectivity index (χ1) is 9.36. The lowest BCUT2D eigenvalue weighted by Gasteiger charge is -2.24. The molecule has 0 saturated carbocycles. The molecule has 0 aliphatic carbocycles. The van der Waals surface area contributed by atoms with Gasteiger partial charge in [0.05, 0.1) is 11.3 Å². The second kappa shape index (κ2) is 7.54. The molecule has 1 aromatic carbocycles. The number of thioether (sulfide) groups is 1. The molecule has 0 aliphatic rings. The van der Waals surface area contributed by atoms with Crippen molar-refractivity contribution in [1.29, 1.82) is 0 Å². The molecule has 0 bridgehead atoms. The third-order valence-corrected chi connectivity index (χ3v) is 4.35. The van der Waals surface area contributed by atoms with Gasteiger partial charge in [-0.3, -0.25) is 0 Å². The first-order valence-corrected chi connectivity index (χ1v) is 8.11. The molecule has 1 unspecified atom stereocenters. The van der Waals surface area contributed by atoms with E-state index < -0.39 is 5.97 Å². The number of carbonyl (C=O) groups is 2. The van der Waals surface area contributed by atoms with Crippen molar-refractivity contribution in [2.45, 2.75) is 13.0 Å². The Morgan fingerprint density at radius 3 is 2.70 bits per heavy atom. The van der Waals surface area contributed by atoms with Crippen molar-refractivity contribution in [1.82, 2.24) is 4.90 Å². The largest absolute Gasteiger partial charge is 0.478 e. The molecule has 20 heavy (non-hydrogen) atoms. The molecule has 0 fully saturated rings. The number of amides is 2. The highest BCUT2D eigenvalue weighted by atomic mass is 79.9. The molecule has 0 spiro atoms. The van der Waals surface area contributed by atoms with E-state index in [0.717, 1.165) is 5.75 Å². The summed E-state index contributed by atoms with van der Waals surface area (Å²) >= 11 is 4.96. The average molecular weight is 361 g/mol. The molecule has 1 rings (SSSR count). The number of hydrogen-bond acceptors (Lipinski definition) is 3. The van der Waals surface area contributed by atoms with E-state index in [9.17, 15) is 9.59 Å². The van der Waals surface area contributed by atoms with Gasteiger partial charge in [0.2, 0.25) is 0 Å². The van der Waals surface area contributed by atoms with E-state index in [1.165, 1.54) is 12.1 Å². The van der Waals surface area contributed by atoms with E-state index in [2.05, 4.69) is 21.2 Å². The van der Waals surface area contributed by atoms with Crippen molar-refractivity contribution in [3.8, 4) is 0 Å². The average Bonchev–Trinajstić information content (AvgIpc) is 2.40. The van der Waals surface area contributed by atoms with Crippen LogP contribution in [0, 0.1) is 0 Å². The van der Waals surface area contributed by atoms with Crippen molar-refractivity contribution in [3.63, 3.8) is 0 Å². The minimum absolute atomic E-state index is 0.0893. The summed E-state index contributed by atoms with van der Waals surface area (Å²) in [4.78, 5) is 24.6. The number of rotatable bonds is 5. The van der Waals surface area contributed by atoms with Crippen LogP contribution in [0.25, 0.3) is 0 Å². The zero-order valence-corrected chi connectivity index (χ0v) is 13.9. The van der Waals surface area contributed by atoms with Crippen LogP contribution in [0.4, 0.5) is 10.5 Å². The van der Waals surface area contributed by atoms with Crippen LogP contribution in [-0.2, 0) is 0 Å². The second-order valence-electron chi connectivity index (χ2n) is 4.35. The highest BCUT2D eigenvalue weighted by Gasteiger charge is 2.17. The van der Waals surface area contributed by atoms with E-state index >= 15 is 0 Å². The Balaban J connectivity index is 2.84. The maximum absolute atomic E-state index is 12.1. The number of anilines is 1. The fourth-order valence-corrected chi connectivity index (χ4v) is 2.56. The van der Waals surface area contributed by atoms with Gasteiger partial charge in [0.15, 0.2) is 0 Å². The monoisotopic (exact) mass is 360 g/mol. The lowest BCUT2D eigenvalue weighted by molar-refractivity contribution is 0.0697. The molecule has 1 atom stereocenters. The number of benzene rings is 1. The molecule has 7 heteroatoms. The van der Waals surface area contributed by atoms with Crippen molar-refractivity contribution in [2.75, 3.05) is 24.4 Å². The summed E-state index contributed by atoms with van der Waals surface area (Å²) in [5.41, 5.74) is 0.571. The zero-order chi connectivity index (χ0) is 15.3. The quantitative estimate of drug-likeness (QED) is 0.844. The number of carboxylic acid groups (broad SMARTS) is 1.